The van der Waals surface area contributed by atoms with Crippen molar-refractivity contribution < 1.29 is 9.59 Å². The molecule has 0 aromatic heterocycles. The molecule has 35 heavy (non-hydrogen) atoms. The van der Waals surface area contributed by atoms with Gasteiger partial charge in [-0.25, -0.2) is 0 Å². The fourth-order valence-electron chi connectivity index (χ4n) is 7.64. The first kappa shape index (κ1) is 22.9. The third-order valence-corrected chi connectivity index (χ3v) is 9.23. The van der Waals surface area contributed by atoms with E-state index >= 15 is 0 Å². The van der Waals surface area contributed by atoms with E-state index in [1.165, 1.54) is 57.2 Å². The highest BCUT2D eigenvalue weighted by Gasteiger charge is 2.42. The van der Waals surface area contributed by atoms with E-state index in [0.29, 0.717) is 34.1 Å². The van der Waals surface area contributed by atoms with Gasteiger partial charge in [0.2, 0.25) is 0 Å². The van der Waals surface area contributed by atoms with E-state index in [1.807, 2.05) is 24.3 Å². The van der Waals surface area contributed by atoms with Crippen LogP contribution < -0.4 is 0 Å². The van der Waals surface area contributed by atoms with E-state index in [1.54, 1.807) is 12.1 Å². The van der Waals surface area contributed by atoms with Gasteiger partial charge in [-0.15, -0.1) is 6.58 Å². The topological polar surface area (TPSA) is 40.6 Å². The second kappa shape index (κ2) is 9.48. The van der Waals surface area contributed by atoms with E-state index in [2.05, 4.69) is 28.5 Å². The smallest absolute Gasteiger partial charge is 0.194 e. The minimum Gasteiger partial charge on any atom is -0.289 e. The average molecular weight is 469 g/mol. The Balaban J connectivity index is 1.22. The molecular formula is C31H36N2O2. The van der Waals surface area contributed by atoms with Crippen LogP contribution in [0.15, 0.2) is 55.1 Å². The number of hydrogen-bond donors (Lipinski definition) is 0. The van der Waals surface area contributed by atoms with Crippen LogP contribution in [0.3, 0.4) is 0 Å². The molecule has 1 saturated heterocycles. The zero-order valence-electron chi connectivity index (χ0n) is 20.6. The van der Waals surface area contributed by atoms with Crippen LogP contribution >= 0.6 is 0 Å². The number of nitrogens with zero attached hydrogens (tertiary/aromatic N) is 2. The molecule has 6 rings (SSSR count). The molecule has 0 spiro atoms. The molecule has 4 atom stereocenters. The maximum Gasteiger partial charge on any atom is 0.194 e. The molecule has 3 aliphatic carbocycles. The standard InChI is InChI=1S/C31H36N2O2/c1-2-15-32-16-17-33(20-32)19-22-7-5-10-24(22)25-12-6-11-23(25)21-13-14-28-29(18-21)31(35)27-9-4-3-8-26(27)30(28)34/h2-4,8-9,13-14,18,22-25H,1,5-7,10-12,15-17,19-20H2/t22-,23+,24?,25?/m0/s1. The largest absolute Gasteiger partial charge is 0.289 e. The van der Waals surface area contributed by atoms with Gasteiger partial charge in [0.25, 0.3) is 0 Å². The first-order valence-corrected chi connectivity index (χ1v) is 13.5. The number of carbonyl (C=O) groups is 2. The lowest BCUT2D eigenvalue weighted by Gasteiger charge is -2.33. The summed E-state index contributed by atoms with van der Waals surface area (Å²) in [6, 6.07) is 13.4. The molecule has 0 radical (unpaired) electrons. The Hall–Kier alpha value is -2.56. The summed E-state index contributed by atoms with van der Waals surface area (Å²) in [4.78, 5) is 31.5. The quantitative estimate of drug-likeness (QED) is 0.447. The van der Waals surface area contributed by atoms with Gasteiger partial charge in [0.1, 0.15) is 0 Å². The fraction of sp³-hybridized carbons (Fsp3) is 0.484. The summed E-state index contributed by atoms with van der Waals surface area (Å²) in [6.07, 6.45) is 9.80. The summed E-state index contributed by atoms with van der Waals surface area (Å²) < 4.78 is 0. The Morgan fingerprint density at radius 1 is 0.800 bits per heavy atom. The van der Waals surface area contributed by atoms with E-state index in [4.69, 9.17) is 0 Å². The summed E-state index contributed by atoms with van der Waals surface area (Å²) in [5, 5.41) is 0. The van der Waals surface area contributed by atoms with E-state index in [0.717, 1.165) is 31.6 Å². The van der Waals surface area contributed by atoms with Gasteiger partial charge in [-0.1, -0.05) is 55.3 Å². The van der Waals surface area contributed by atoms with Crippen LogP contribution in [-0.2, 0) is 0 Å². The lowest BCUT2D eigenvalue weighted by atomic mass is 9.74. The van der Waals surface area contributed by atoms with Crippen LogP contribution in [0.25, 0.3) is 0 Å². The summed E-state index contributed by atoms with van der Waals surface area (Å²) in [5.74, 6) is 2.72. The molecular weight excluding hydrogens is 432 g/mol. The molecule has 1 aliphatic heterocycles. The Bertz CT molecular complexity index is 1150. The molecule has 0 bridgehead atoms. The SMILES string of the molecule is C=CCN1CCN(C[C@@H]2CCCC2C2CCC[C@@H]2c2ccc3c(c2)C(=O)c2ccccc2C3=O)C1. The number of rotatable bonds is 6. The Kier molecular flexibility index (Phi) is 6.19. The number of fused-ring (bicyclic) bond motifs is 2. The molecule has 2 aromatic carbocycles. The molecule has 1 heterocycles. The Morgan fingerprint density at radius 3 is 2.29 bits per heavy atom. The number of hydrogen-bond acceptors (Lipinski definition) is 4. The highest BCUT2D eigenvalue weighted by atomic mass is 16.1. The average Bonchev–Trinajstić information content (AvgIpc) is 3.64. The number of carbonyl (C=O) groups excluding carboxylic acids is 2. The lowest BCUT2D eigenvalue weighted by molar-refractivity contribution is 0.0979. The highest BCUT2D eigenvalue weighted by Crippen LogP contribution is 2.51. The van der Waals surface area contributed by atoms with Crippen LogP contribution in [-0.4, -0.2) is 54.2 Å². The van der Waals surface area contributed by atoms with E-state index in [9.17, 15) is 9.59 Å². The molecule has 0 amide bonds. The predicted molar refractivity (Wildman–Crippen MR) is 139 cm³/mol. The van der Waals surface area contributed by atoms with E-state index in [-0.39, 0.29) is 11.6 Å². The Morgan fingerprint density at radius 2 is 1.49 bits per heavy atom. The van der Waals surface area contributed by atoms with Crippen molar-refractivity contribution >= 4 is 11.6 Å². The van der Waals surface area contributed by atoms with Crippen molar-refractivity contribution in [3.63, 3.8) is 0 Å². The van der Waals surface area contributed by atoms with Crippen LogP contribution in [0.5, 0.6) is 0 Å². The first-order chi connectivity index (χ1) is 17.1. The monoisotopic (exact) mass is 468 g/mol. The van der Waals surface area contributed by atoms with Crippen LogP contribution in [0.1, 0.15) is 81.8 Å². The third-order valence-electron chi connectivity index (χ3n) is 9.23. The number of ketones is 2. The molecule has 0 N–H and O–H groups in total. The maximum absolute atomic E-state index is 13.3. The predicted octanol–water partition coefficient (Wildman–Crippen LogP) is 5.52. The van der Waals surface area contributed by atoms with Crippen molar-refractivity contribution in [1.29, 1.82) is 0 Å². The molecule has 2 aromatic rings. The molecule has 4 heteroatoms. The van der Waals surface area contributed by atoms with Crippen molar-refractivity contribution in [3.8, 4) is 0 Å². The van der Waals surface area contributed by atoms with Crippen LogP contribution in [0.4, 0.5) is 0 Å². The van der Waals surface area contributed by atoms with Crippen molar-refractivity contribution in [1.82, 2.24) is 9.80 Å². The Labute approximate surface area is 209 Å². The van der Waals surface area contributed by atoms with Gasteiger partial charge in [-0.2, -0.15) is 0 Å². The normalized spacial score (nSPS) is 28.9. The molecule has 2 saturated carbocycles. The first-order valence-electron chi connectivity index (χ1n) is 13.5. The van der Waals surface area contributed by atoms with Gasteiger partial charge in [0.15, 0.2) is 11.6 Å². The van der Waals surface area contributed by atoms with Crippen molar-refractivity contribution in [3.05, 3.63) is 82.9 Å². The van der Waals surface area contributed by atoms with Gasteiger partial charge in [-0.05, 0) is 61.0 Å². The van der Waals surface area contributed by atoms with Gasteiger partial charge in [-0.3, -0.25) is 19.4 Å². The molecule has 182 valence electrons. The fourth-order valence-corrected chi connectivity index (χ4v) is 7.64. The van der Waals surface area contributed by atoms with Crippen molar-refractivity contribution in [2.45, 2.75) is 44.4 Å². The zero-order chi connectivity index (χ0) is 23.9. The van der Waals surface area contributed by atoms with Gasteiger partial charge >= 0.3 is 0 Å². The minimum atomic E-state index is -0.0170. The van der Waals surface area contributed by atoms with Crippen molar-refractivity contribution in [2.75, 3.05) is 32.8 Å². The molecule has 4 aliphatic rings. The lowest BCUT2D eigenvalue weighted by Crippen LogP contribution is -2.33. The van der Waals surface area contributed by atoms with Gasteiger partial charge < -0.3 is 0 Å². The summed E-state index contributed by atoms with van der Waals surface area (Å²) >= 11 is 0. The van der Waals surface area contributed by atoms with Crippen LogP contribution in [0.2, 0.25) is 0 Å². The second-order valence-corrected chi connectivity index (χ2v) is 11.1. The van der Waals surface area contributed by atoms with Gasteiger partial charge in [0, 0.05) is 48.4 Å². The minimum absolute atomic E-state index is 0.00320. The third kappa shape index (κ3) is 4.11. The second-order valence-electron chi connectivity index (χ2n) is 11.1. The maximum atomic E-state index is 13.3. The molecule has 3 fully saturated rings. The molecule has 2 unspecified atom stereocenters. The number of benzene rings is 2. The molecule has 4 nitrogen and oxygen atoms in total. The van der Waals surface area contributed by atoms with Gasteiger partial charge in [0.05, 0.1) is 6.67 Å². The zero-order valence-corrected chi connectivity index (χ0v) is 20.6. The van der Waals surface area contributed by atoms with Crippen LogP contribution in [0, 0.1) is 17.8 Å². The van der Waals surface area contributed by atoms with E-state index < -0.39 is 0 Å². The summed E-state index contributed by atoms with van der Waals surface area (Å²) in [5.41, 5.74) is 3.55. The highest BCUT2D eigenvalue weighted by molar-refractivity contribution is 6.28. The summed E-state index contributed by atoms with van der Waals surface area (Å²) in [6.45, 7) is 9.51. The summed E-state index contributed by atoms with van der Waals surface area (Å²) in [7, 11) is 0. The van der Waals surface area contributed by atoms with Crippen molar-refractivity contribution in [2.24, 2.45) is 17.8 Å².